The molecule has 2 rings (SSSR count). The van der Waals surface area contributed by atoms with E-state index in [0.717, 1.165) is 0 Å². The summed E-state index contributed by atoms with van der Waals surface area (Å²) in [7, 11) is 0. The van der Waals surface area contributed by atoms with Gasteiger partial charge in [0.25, 0.3) is 0 Å². The second-order valence-corrected chi connectivity index (χ2v) is 6.31. The monoisotopic (exact) mass is 399 g/mol. The number of aliphatic hydroxyl groups is 7. The van der Waals surface area contributed by atoms with Crippen molar-refractivity contribution < 1.29 is 59.6 Å². The molecular weight excluding hydrogens is 374 g/mol. The number of hydrogen-bond acceptors (Lipinski definition) is 12. The first kappa shape index (κ1) is 22.3. The lowest BCUT2D eigenvalue weighted by Gasteiger charge is -2.45. The second kappa shape index (κ2) is 9.49. The summed E-state index contributed by atoms with van der Waals surface area (Å²) in [6.45, 7) is 0.0787. The summed E-state index contributed by atoms with van der Waals surface area (Å²) in [4.78, 5) is 15.6. The Labute approximate surface area is 153 Å². The van der Waals surface area contributed by atoms with E-state index in [2.05, 4.69) is 0 Å². The first-order valence-corrected chi connectivity index (χ1v) is 8.21. The van der Waals surface area contributed by atoms with Gasteiger partial charge in [0, 0.05) is 6.92 Å². The van der Waals surface area contributed by atoms with Gasteiger partial charge in [-0.25, -0.2) is 5.48 Å². The zero-order valence-electron chi connectivity index (χ0n) is 14.4. The first-order chi connectivity index (χ1) is 12.7. The van der Waals surface area contributed by atoms with Crippen LogP contribution in [-0.2, 0) is 23.8 Å². The molecule has 8 N–H and O–H groups in total. The number of nitrogens with one attached hydrogen (secondary N) is 1. The molecule has 158 valence electrons. The normalized spacial score (nSPS) is 45.5. The van der Waals surface area contributed by atoms with Crippen LogP contribution in [0.1, 0.15) is 6.92 Å². The van der Waals surface area contributed by atoms with Crippen molar-refractivity contribution in [2.75, 3.05) is 13.2 Å². The molecule has 0 radical (unpaired) electrons. The van der Waals surface area contributed by atoms with Gasteiger partial charge >= 0.3 is 0 Å². The number of carbonyl (C=O) groups excluding carboxylic acids is 1. The van der Waals surface area contributed by atoms with Crippen LogP contribution in [0.2, 0.25) is 0 Å². The Morgan fingerprint density at radius 3 is 2.19 bits per heavy atom. The van der Waals surface area contributed by atoms with Gasteiger partial charge in [-0.3, -0.25) is 9.63 Å². The van der Waals surface area contributed by atoms with Crippen molar-refractivity contribution in [3.05, 3.63) is 0 Å². The average molecular weight is 399 g/mol. The third-order valence-electron chi connectivity index (χ3n) is 4.26. The van der Waals surface area contributed by atoms with Crippen LogP contribution < -0.4 is 5.48 Å². The molecule has 0 aromatic rings. The Morgan fingerprint density at radius 1 is 0.926 bits per heavy atom. The Bertz CT molecular complexity index is 493. The Kier molecular flexibility index (Phi) is 7.84. The lowest BCUT2D eigenvalue weighted by molar-refractivity contribution is -0.356. The van der Waals surface area contributed by atoms with Crippen LogP contribution in [0.25, 0.3) is 0 Å². The van der Waals surface area contributed by atoms with Crippen molar-refractivity contribution in [2.45, 2.75) is 68.3 Å². The topological polar surface area (TPSA) is 208 Å². The fourth-order valence-corrected chi connectivity index (χ4v) is 2.78. The minimum Gasteiger partial charge on any atom is -0.394 e. The molecule has 0 aromatic carbocycles. The molecule has 0 bridgehead atoms. The zero-order chi connectivity index (χ0) is 20.3. The number of carbonyl (C=O) groups is 1. The highest BCUT2D eigenvalue weighted by molar-refractivity contribution is 5.71. The molecule has 8 unspecified atom stereocenters. The maximum absolute atomic E-state index is 10.8. The first-order valence-electron chi connectivity index (χ1n) is 8.21. The van der Waals surface area contributed by atoms with Gasteiger partial charge in [0.05, 0.1) is 6.61 Å². The number of hydrogen-bond donors (Lipinski definition) is 8. The highest BCUT2D eigenvalue weighted by Crippen LogP contribution is 2.28. The molecule has 0 saturated carbocycles. The van der Waals surface area contributed by atoms with Crippen molar-refractivity contribution in [1.82, 2.24) is 5.48 Å². The van der Waals surface area contributed by atoms with Gasteiger partial charge in [-0.1, -0.05) is 0 Å². The summed E-state index contributed by atoms with van der Waals surface area (Å²) < 4.78 is 15.6. The summed E-state index contributed by atoms with van der Waals surface area (Å²) >= 11 is 0. The SMILES string of the molecule is CC(=O)NOCC1O[C@H](OC2C(CO)O[C@@H](O)C(O)C2O)C(O)C(O)C1O. The maximum Gasteiger partial charge on any atom is 0.240 e. The van der Waals surface area contributed by atoms with Crippen molar-refractivity contribution in [3.8, 4) is 0 Å². The van der Waals surface area contributed by atoms with Crippen LogP contribution in [0.15, 0.2) is 0 Å². The second-order valence-electron chi connectivity index (χ2n) is 6.31. The number of amides is 1. The van der Waals surface area contributed by atoms with Gasteiger partial charge in [0.1, 0.15) is 55.4 Å². The van der Waals surface area contributed by atoms with Crippen LogP contribution in [0, 0.1) is 0 Å². The van der Waals surface area contributed by atoms with Crippen LogP contribution in [0.4, 0.5) is 0 Å². The van der Waals surface area contributed by atoms with E-state index in [1.807, 2.05) is 5.48 Å². The van der Waals surface area contributed by atoms with E-state index in [-0.39, 0.29) is 0 Å². The van der Waals surface area contributed by atoms with Crippen molar-refractivity contribution >= 4 is 5.91 Å². The van der Waals surface area contributed by atoms with E-state index in [1.165, 1.54) is 6.92 Å². The Morgan fingerprint density at radius 2 is 1.59 bits per heavy atom. The highest BCUT2D eigenvalue weighted by atomic mass is 16.7. The van der Waals surface area contributed by atoms with E-state index >= 15 is 0 Å². The van der Waals surface area contributed by atoms with Crippen LogP contribution in [0.3, 0.4) is 0 Å². The summed E-state index contributed by atoms with van der Waals surface area (Å²) in [6.07, 6.45) is -15.8. The van der Waals surface area contributed by atoms with Gasteiger partial charge in [-0.2, -0.15) is 0 Å². The van der Waals surface area contributed by atoms with Gasteiger partial charge in [0.2, 0.25) is 5.91 Å². The van der Waals surface area contributed by atoms with E-state index in [4.69, 9.17) is 19.0 Å². The molecule has 2 aliphatic rings. The molecule has 0 aliphatic carbocycles. The quantitative estimate of drug-likeness (QED) is 0.197. The molecule has 13 heteroatoms. The lowest BCUT2D eigenvalue weighted by atomic mass is 9.97. The molecule has 13 nitrogen and oxygen atoms in total. The summed E-state index contributed by atoms with van der Waals surface area (Å²) in [6, 6.07) is 0. The van der Waals surface area contributed by atoms with Crippen molar-refractivity contribution in [1.29, 1.82) is 0 Å². The summed E-state index contributed by atoms with van der Waals surface area (Å²) in [5.74, 6) is -0.519. The lowest BCUT2D eigenvalue weighted by Crippen LogP contribution is -2.64. The van der Waals surface area contributed by atoms with Gasteiger partial charge < -0.3 is 50.0 Å². The average Bonchev–Trinajstić information content (AvgIpc) is 2.63. The van der Waals surface area contributed by atoms with Crippen LogP contribution >= 0.6 is 0 Å². The van der Waals surface area contributed by atoms with E-state index in [0.29, 0.717) is 0 Å². The maximum atomic E-state index is 10.8. The van der Waals surface area contributed by atoms with E-state index in [1.54, 1.807) is 0 Å². The number of rotatable bonds is 6. The predicted molar refractivity (Wildman–Crippen MR) is 81.3 cm³/mol. The number of aliphatic hydroxyl groups excluding tert-OH is 7. The predicted octanol–water partition coefficient (Wildman–Crippen LogP) is -5.32. The molecular formula is C14H25NO12. The van der Waals surface area contributed by atoms with Crippen molar-refractivity contribution in [3.63, 3.8) is 0 Å². The fourth-order valence-electron chi connectivity index (χ4n) is 2.78. The minimum atomic E-state index is -1.76. The smallest absolute Gasteiger partial charge is 0.240 e. The fraction of sp³-hybridized carbons (Fsp3) is 0.929. The minimum absolute atomic E-state index is 0.404. The molecule has 2 fully saturated rings. The highest BCUT2D eigenvalue weighted by Gasteiger charge is 2.50. The van der Waals surface area contributed by atoms with Gasteiger partial charge in [0.15, 0.2) is 12.6 Å². The molecule has 10 atom stereocenters. The molecule has 2 saturated heterocycles. The summed E-state index contributed by atoms with van der Waals surface area (Å²) in [5.41, 5.74) is 2.00. The molecule has 27 heavy (non-hydrogen) atoms. The molecule has 0 spiro atoms. The molecule has 2 heterocycles. The van der Waals surface area contributed by atoms with Gasteiger partial charge in [-0.15, -0.1) is 0 Å². The standard InChI is InChI=1S/C14H25NO12/c1-4(17)15-24-3-6-7(18)8(19)11(22)14(26-6)27-12-5(2-16)25-13(23)10(21)9(12)20/h5-14,16,18-23H,2-3H2,1H3,(H,15,17)/t5?,6?,7?,8?,9?,10?,11?,12?,13-,14-/m1/s1. The number of hydroxylamine groups is 1. The summed E-state index contributed by atoms with van der Waals surface area (Å²) in [5, 5.41) is 68.6. The Hall–Kier alpha value is -0.970. The third kappa shape index (κ3) is 5.10. The van der Waals surface area contributed by atoms with Gasteiger partial charge in [-0.05, 0) is 0 Å². The number of ether oxygens (including phenoxy) is 3. The largest absolute Gasteiger partial charge is 0.394 e. The molecule has 1 amide bonds. The third-order valence-corrected chi connectivity index (χ3v) is 4.26. The van der Waals surface area contributed by atoms with Crippen molar-refractivity contribution in [2.24, 2.45) is 0 Å². The van der Waals surface area contributed by atoms with E-state index in [9.17, 15) is 40.5 Å². The Balaban J connectivity index is 2.07. The van der Waals surface area contributed by atoms with Crippen LogP contribution in [0.5, 0.6) is 0 Å². The van der Waals surface area contributed by atoms with E-state index < -0.39 is 80.5 Å². The zero-order valence-corrected chi connectivity index (χ0v) is 14.4. The van der Waals surface area contributed by atoms with Crippen LogP contribution in [-0.4, -0.2) is 116 Å². The molecule has 0 aromatic heterocycles. The molecule has 2 aliphatic heterocycles.